The van der Waals surface area contributed by atoms with E-state index in [9.17, 15) is 5.11 Å². The SMILES string of the molecule is C=C1C(=C)C2CCC1CC2O. The summed E-state index contributed by atoms with van der Waals surface area (Å²) in [5, 5.41) is 9.59. The first kappa shape index (κ1) is 7.11. The molecule has 3 rings (SSSR count). The van der Waals surface area contributed by atoms with Gasteiger partial charge in [0.2, 0.25) is 0 Å². The number of aliphatic hydroxyl groups is 1. The van der Waals surface area contributed by atoms with Crippen molar-refractivity contribution in [1.82, 2.24) is 0 Å². The second-order valence-corrected chi connectivity index (χ2v) is 3.73. The molecule has 3 aliphatic carbocycles. The van der Waals surface area contributed by atoms with Gasteiger partial charge in [0, 0.05) is 5.92 Å². The first-order chi connectivity index (χ1) is 5.20. The Morgan fingerprint density at radius 3 is 2.36 bits per heavy atom. The van der Waals surface area contributed by atoms with Crippen molar-refractivity contribution < 1.29 is 5.11 Å². The van der Waals surface area contributed by atoms with Gasteiger partial charge in [-0.05, 0) is 36.3 Å². The molecule has 0 aromatic carbocycles. The van der Waals surface area contributed by atoms with E-state index in [0.717, 1.165) is 18.4 Å². The second-order valence-electron chi connectivity index (χ2n) is 3.73. The molecular weight excluding hydrogens is 136 g/mol. The van der Waals surface area contributed by atoms with Crippen molar-refractivity contribution in [1.29, 1.82) is 0 Å². The summed E-state index contributed by atoms with van der Waals surface area (Å²) in [6.45, 7) is 7.97. The summed E-state index contributed by atoms with van der Waals surface area (Å²) >= 11 is 0. The van der Waals surface area contributed by atoms with Crippen LogP contribution in [0.5, 0.6) is 0 Å². The summed E-state index contributed by atoms with van der Waals surface area (Å²) in [6, 6.07) is 0. The van der Waals surface area contributed by atoms with E-state index in [-0.39, 0.29) is 6.10 Å². The number of rotatable bonds is 0. The maximum Gasteiger partial charge on any atom is 0.0614 e. The van der Waals surface area contributed by atoms with Gasteiger partial charge < -0.3 is 5.11 Å². The van der Waals surface area contributed by atoms with Gasteiger partial charge in [0.1, 0.15) is 0 Å². The van der Waals surface area contributed by atoms with Gasteiger partial charge in [0.15, 0.2) is 0 Å². The van der Waals surface area contributed by atoms with Crippen LogP contribution in [0.1, 0.15) is 19.3 Å². The van der Waals surface area contributed by atoms with Crippen molar-refractivity contribution >= 4 is 0 Å². The van der Waals surface area contributed by atoms with Crippen LogP contribution in [-0.4, -0.2) is 11.2 Å². The summed E-state index contributed by atoms with van der Waals surface area (Å²) in [5.74, 6) is 0.856. The van der Waals surface area contributed by atoms with E-state index in [4.69, 9.17) is 0 Å². The number of fused-ring (bicyclic) bond motifs is 3. The normalized spacial score (nSPS) is 43.2. The molecule has 0 aliphatic heterocycles. The van der Waals surface area contributed by atoms with E-state index in [1.54, 1.807) is 0 Å². The van der Waals surface area contributed by atoms with Crippen LogP contribution in [0, 0.1) is 11.8 Å². The zero-order valence-corrected chi connectivity index (χ0v) is 6.71. The summed E-state index contributed by atoms with van der Waals surface area (Å²) in [4.78, 5) is 0. The Morgan fingerprint density at radius 2 is 1.91 bits per heavy atom. The molecule has 1 nitrogen and oxygen atoms in total. The largest absolute Gasteiger partial charge is 0.392 e. The van der Waals surface area contributed by atoms with Crippen LogP contribution in [0.2, 0.25) is 0 Å². The fraction of sp³-hybridized carbons (Fsp3) is 0.600. The predicted octanol–water partition coefficient (Wildman–Crippen LogP) is 1.89. The minimum Gasteiger partial charge on any atom is -0.392 e. The molecule has 11 heavy (non-hydrogen) atoms. The van der Waals surface area contributed by atoms with Crippen LogP contribution in [0.25, 0.3) is 0 Å². The van der Waals surface area contributed by atoms with Crippen molar-refractivity contribution in [2.24, 2.45) is 11.8 Å². The molecule has 0 amide bonds. The molecule has 0 aromatic heterocycles. The Bertz CT molecular complexity index is 217. The highest BCUT2D eigenvalue weighted by molar-refractivity contribution is 5.36. The highest BCUT2D eigenvalue weighted by atomic mass is 16.3. The Kier molecular flexibility index (Phi) is 1.43. The Hall–Kier alpha value is -0.560. The fourth-order valence-electron chi connectivity index (χ4n) is 2.37. The van der Waals surface area contributed by atoms with E-state index < -0.39 is 0 Å². The summed E-state index contributed by atoms with van der Waals surface area (Å²) in [6.07, 6.45) is 3.11. The number of aliphatic hydroxyl groups excluding tert-OH is 1. The third-order valence-electron chi connectivity index (χ3n) is 3.17. The lowest BCUT2D eigenvalue weighted by molar-refractivity contribution is 0.0543. The van der Waals surface area contributed by atoms with Gasteiger partial charge in [-0.1, -0.05) is 13.2 Å². The molecule has 60 valence electrons. The maximum atomic E-state index is 9.59. The minimum absolute atomic E-state index is 0.133. The van der Waals surface area contributed by atoms with Crippen LogP contribution in [0.4, 0.5) is 0 Å². The van der Waals surface area contributed by atoms with E-state index in [1.165, 1.54) is 12.0 Å². The first-order valence-corrected chi connectivity index (χ1v) is 4.26. The highest BCUT2D eigenvalue weighted by Gasteiger charge is 2.39. The third kappa shape index (κ3) is 0.875. The molecule has 0 spiro atoms. The average Bonchev–Trinajstić information content (AvgIpc) is 1.99. The number of hydrogen-bond acceptors (Lipinski definition) is 1. The first-order valence-electron chi connectivity index (χ1n) is 4.26. The molecule has 3 fully saturated rings. The monoisotopic (exact) mass is 150 g/mol. The zero-order chi connectivity index (χ0) is 8.01. The van der Waals surface area contributed by atoms with E-state index >= 15 is 0 Å². The van der Waals surface area contributed by atoms with E-state index in [1.807, 2.05) is 0 Å². The third-order valence-corrected chi connectivity index (χ3v) is 3.17. The van der Waals surface area contributed by atoms with E-state index in [0.29, 0.717) is 11.8 Å². The summed E-state index contributed by atoms with van der Waals surface area (Å²) < 4.78 is 0. The van der Waals surface area contributed by atoms with Crippen LogP contribution in [0.3, 0.4) is 0 Å². The second kappa shape index (κ2) is 2.21. The average molecular weight is 150 g/mol. The van der Waals surface area contributed by atoms with Gasteiger partial charge in [-0.25, -0.2) is 0 Å². The smallest absolute Gasteiger partial charge is 0.0614 e. The molecule has 0 saturated heterocycles. The summed E-state index contributed by atoms with van der Waals surface area (Å²) in [5.41, 5.74) is 2.31. The van der Waals surface area contributed by atoms with Crippen molar-refractivity contribution in [2.75, 3.05) is 0 Å². The fourth-order valence-corrected chi connectivity index (χ4v) is 2.37. The molecule has 0 radical (unpaired) electrons. The Labute approximate surface area is 67.4 Å². The molecule has 3 atom stereocenters. The van der Waals surface area contributed by atoms with Gasteiger partial charge in [-0.3, -0.25) is 0 Å². The molecule has 1 heteroatoms. The van der Waals surface area contributed by atoms with Gasteiger partial charge in [-0.2, -0.15) is 0 Å². The molecule has 3 aliphatic rings. The Balaban J connectivity index is 2.30. The lowest BCUT2D eigenvalue weighted by Crippen LogP contribution is -2.37. The predicted molar refractivity (Wildman–Crippen MR) is 45.1 cm³/mol. The van der Waals surface area contributed by atoms with E-state index in [2.05, 4.69) is 13.2 Å². The molecular formula is C10H14O. The molecule has 2 bridgehead atoms. The van der Waals surface area contributed by atoms with Gasteiger partial charge >= 0.3 is 0 Å². The molecule has 3 saturated carbocycles. The van der Waals surface area contributed by atoms with Gasteiger partial charge in [0.25, 0.3) is 0 Å². The van der Waals surface area contributed by atoms with Crippen molar-refractivity contribution in [2.45, 2.75) is 25.4 Å². The maximum absolute atomic E-state index is 9.59. The van der Waals surface area contributed by atoms with Crippen LogP contribution in [-0.2, 0) is 0 Å². The number of hydrogen-bond donors (Lipinski definition) is 1. The van der Waals surface area contributed by atoms with Crippen LogP contribution < -0.4 is 0 Å². The zero-order valence-electron chi connectivity index (χ0n) is 6.71. The van der Waals surface area contributed by atoms with Gasteiger partial charge in [0.05, 0.1) is 6.10 Å². The molecule has 0 heterocycles. The van der Waals surface area contributed by atoms with Crippen molar-refractivity contribution in [3.63, 3.8) is 0 Å². The minimum atomic E-state index is -0.133. The highest BCUT2D eigenvalue weighted by Crippen LogP contribution is 2.46. The topological polar surface area (TPSA) is 20.2 Å². The number of allylic oxidation sites excluding steroid dienone is 1. The molecule has 3 unspecified atom stereocenters. The van der Waals surface area contributed by atoms with Crippen LogP contribution in [0.15, 0.2) is 24.3 Å². The standard InChI is InChI=1S/C10H14O/c1-6-7(2)9-4-3-8(6)5-10(9)11/h8-11H,1-5H2. The van der Waals surface area contributed by atoms with Crippen molar-refractivity contribution in [3.8, 4) is 0 Å². The molecule has 0 aromatic rings. The Morgan fingerprint density at radius 1 is 1.18 bits per heavy atom. The quantitative estimate of drug-likeness (QED) is 0.559. The van der Waals surface area contributed by atoms with Gasteiger partial charge in [-0.15, -0.1) is 0 Å². The lowest BCUT2D eigenvalue weighted by Gasteiger charge is -2.43. The lowest BCUT2D eigenvalue weighted by atomic mass is 9.64. The summed E-state index contributed by atoms with van der Waals surface area (Å²) in [7, 11) is 0. The van der Waals surface area contributed by atoms with Crippen LogP contribution >= 0.6 is 0 Å². The molecule has 1 N–H and O–H groups in total. The van der Waals surface area contributed by atoms with Crippen molar-refractivity contribution in [3.05, 3.63) is 24.3 Å².